The van der Waals surface area contributed by atoms with Crippen molar-refractivity contribution in [1.82, 2.24) is 0 Å². The van der Waals surface area contributed by atoms with E-state index in [0.29, 0.717) is 0 Å². The molecule has 0 radical (unpaired) electrons. The summed E-state index contributed by atoms with van der Waals surface area (Å²) >= 11 is 0. The Balaban J connectivity index is -0.0000000995. The van der Waals surface area contributed by atoms with Gasteiger partial charge in [0, 0.05) is 28.5 Å². The van der Waals surface area contributed by atoms with Crippen LogP contribution in [0.4, 0.5) is 0 Å². The Morgan fingerprint density at radius 3 is 1.23 bits per heavy atom. The van der Waals surface area contributed by atoms with Gasteiger partial charge in [0.15, 0.2) is 0 Å². The molecule has 0 unspecified atom stereocenters. The van der Waals surface area contributed by atoms with Crippen LogP contribution >= 0.6 is 0 Å². The van der Waals surface area contributed by atoms with Crippen LogP contribution in [0.15, 0.2) is 38.0 Å². The Bertz CT molecular complexity index is 279. The Labute approximate surface area is 135 Å². The summed E-state index contributed by atoms with van der Waals surface area (Å²) in [6.45, 7) is 11.1. The average molecular weight is 332 g/mol. The maximum absolute atomic E-state index is 9.25. The summed E-state index contributed by atoms with van der Waals surface area (Å²) in [6.07, 6.45) is 8.28. The molecule has 128 valence electrons. The largest absolute Gasteiger partial charge is 0.478 e. The van der Waals surface area contributed by atoms with E-state index in [1.807, 2.05) is 0 Å². The third-order valence-electron chi connectivity index (χ3n) is 1.73. The molecule has 0 saturated carbocycles. The monoisotopic (exact) mass is 332 g/mol. The van der Waals surface area contributed by atoms with Crippen molar-refractivity contribution < 1.29 is 29.7 Å². The zero-order valence-corrected chi connectivity index (χ0v) is 15.5. The van der Waals surface area contributed by atoms with Crippen molar-refractivity contribution in [1.29, 1.82) is 0 Å². The molecule has 0 spiro atoms. The molecule has 0 amide bonds. The van der Waals surface area contributed by atoms with E-state index >= 15 is 0 Å². The second-order valence-electron chi connectivity index (χ2n) is 3.69. The Hall–Kier alpha value is -2.15. The quantitative estimate of drug-likeness (QED) is 0.374. The molecule has 0 aromatic heterocycles. The minimum atomic E-state index is -0.981. The molecular weight excluding hydrogens is 304 g/mol. The lowest BCUT2D eigenvalue weighted by Gasteiger charge is -1.90. The number of hydrogen-bond donors (Lipinski definition) is 3. The lowest BCUT2D eigenvalue weighted by atomic mass is 10.2. The standard InChI is InChI=1S/C6H16Si.3C3H4O2/c1-2-3-4-5-6-7;3*1-2-3(4)5/h2-6H2,1,7H3;3*2H,1H2,(H,4,5). The molecule has 0 aliphatic rings. The second kappa shape index (κ2) is 27.2. The topological polar surface area (TPSA) is 112 Å². The molecule has 0 atom stereocenters. The number of hydrogen-bond acceptors (Lipinski definition) is 3. The van der Waals surface area contributed by atoms with Crippen LogP contribution in [-0.4, -0.2) is 43.5 Å². The smallest absolute Gasteiger partial charge is 0.327 e. The molecule has 0 rings (SSSR count). The Kier molecular flexibility index (Phi) is 34.7. The van der Waals surface area contributed by atoms with Gasteiger partial charge >= 0.3 is 17.9 Å². The average Bonchev–Trinajstić information content (AvgIpc) is 2.49. The lowest BCUT2D eigenvalue weighted by molar-refractivity contribution is -0.132. The highest BCUT2D eigenvalue weighted by Crippen LogP contribution is 1.99. The van der Waals surface area contributed by atoms with Gasteiger partial charge in [0.25, 0.3) is 0 Å². The minimum absolute atomic E-state index is 0.833. The van der Waals surface area contributed by atoms with Crippen molar-refractivity contribution in [2.24, 2.45) is 0 Å². The number of carbonyl (C=O) groups is 3. The maximum atomic E-state index is 9.25. The normalized spacial score (nSPS) is 7.50. The molecule has 0 heterocycles. The molecule has 0 saturated heterocycles. The second-order valence-corrected chi connectivity index (χ2v) is 4.69. The van der Waals surface area contributed by atoms with Crippen LogP contribution in [0.25, 0.3) is 0 Å². The number of carboxylic acids is 3. The molecule has 0 aromatic rings. The summed E-state index contributed by atoms with van der Waals surface area (Å²) in [5.41, 5.74) is 0. The zero-order chi connectivity index (χ0) is 18.4. The summed E-state index contributed by atoms with van der Waals surface area (Å²) in [5.74, 6) is -2.94. The summed E-state index contributed by atoms with van der Waals surface area (Å²) in [4.78, 5) is 27.8. The summed E-state index contributed by atoms with van der Waals surface area (Å²) in [7, 11) is 1.41. The van der Waals surface area contributed by atoms with Crippen molar-refractivity contribution in [3.8, 4) is 0 Å². The van der Waals surface area contributed by atoms with Crippen LogP contribution < -0.4 is 0 Å². The van der Waals surface area contributed by atoms with E-state index < -0.39 is 17.9 Å². The molecule has 6 nitrogen and oxygen atoms in total. The number of rotatable bonds is 7. The van der Waals surface area contributed by atoms with Gasteiger partial charge in [-0.25, -0.2) is 14.4 Å². The Morgan fingerprint density at radius 2 is 1.09 bits per heavy atom. The van der Waals surface area contributed by atoms with Gasteiger partial charge in [-0.1, -0.05) is 58.4 Å². The first-order valence-electron chi connectivity index (χ1n) is 6.79. The fourth-order valence-electron chi connectivity index (χ4n) is 0.677. The van der Waals surface area contributed by atoms with Gasteiger partial charge in [0.2, 0.25) is 0 Å². The van der Waals surface area contributed by atoms with Crippen LogP contribution in [0.1, 0.15) is 32.6 Å². The van der Waals surface area contributed by atoms with E-state index in [2.05, 4.69) is 26.7 Å². The van der Waals surface area contributed by atoms with E-state index in [4.69, 9.17) is 15.3 Å². The molecule has 22 heavy (non-hydrogen) atoms. The number of unbranched alkanes of at least 4 members (excludes halogenated alkanes) is 3. The fourth-order valence-corrected chi connectivity index (χ4v) is 1.18. The van der Waals surface area contributed by atoms with Crippen LogP contribution in [-0.2, 0) is 14.4 Å². The molecule has 7 heteroatoms. The highest BCUT2D eigenvalue weighted by Gasteiger charge is 1.80. The lowest BCUT2D eigenvalue weighted by Crippen LogP contribution is -1.82. The van der Waals surface area contributed by atoms with Gasteiger partial charge in [-0.3, -0.25) is 0 Å². The van der Waals surface area contributed by atoms with E-state index in [9.17, 15) is 14.4 Å². The molecule has 3 N–H and O–H groups in total. The van der Waals surface area contributed by atoms with Gasteiger partial charge in [0.05, 0.1) is 0 Å². The first kappa shape index (κ1) is 28.1. The van der Waals surface area contributed by atoms with E-state index in [-0.39, 0.29) is 0 Å². The van der Waals surface area contributed by atoms with E-state index in [1.54, 1.807) is 0 Å². The van der Waals surface area contributed by atoms with Crippen molar-refractivity contribution >= 4 is 28.2 Å². The predicted molar refractivity (Wildman–Crippen MR) is 92.4 cm³/mol. The maximum Gasteiger partial charge on any atom is 0.327 e. The van der Waals surface area contributed by atoms with Gasteiger partial charge < -0.3 is 15.3 Å². The predicted octanol–water partition coefficient (Wildman–Crippen LogP) is 2.12. The van der Waals surface area contributed by atoms with Crippen LogP contribution in [0.3, 0.4) is 0 Å². The van der Waals surface area contributed by atoms with Crippen molar-refractivity contribution in [3.05, 3.63) is 38.0 Å². The van der Waals surface area contributed by atoms with Crippen LogP contribution in [0, 0.1) is 0 Å². The zero-order valence-electron chi connectivity index (χ0n) is 13.5. The highest BCUT2D eigenvalue weighted by atomic mass is 28.1. The summed E-state index contributed by atoms with van der Waals surface area (Å²) in [5, 5.41) is 22.8. The fraction of sp³-hybridized carbons (Fsp3) is 0.400. The molecule has 0 aliphatic carbocycles. The van der Waals surface area contributed by atoms with Gasteiger partial charge in [0.1, 0.15) is 0 Å². The SMILES string of the molecule is C=CC(=O)O.C=CC(=O)O.C=CC(=O)O.CCCCCC[SiH3]. The Morgan fingerprint density at radius 1 is 0.818 bits per heavy atom. The molecule has 0 aromatic carbocycles. The van der Waals surface area contributed by atoms with E-state index in [1.165, 1.54) is 42.0 Å². The third-order valence-corrected chi connectivity index (χ3v) is 2.44. The number of carboxylic acid groups (broad SMARTS) is 3. The minimum Gasteiger partial charge on any atom is -0.478 e. The third kappa shape index (κ3) is 82.3. The van der Waals surface area contributed by atoms with Gasteiger partial charge in [-0.2, -0.15) is 0 Å². The molecule has 0 bridgehead atoms. The van der Waals surface area contributed by atoms with E-state index in [0.717, 1.165) is 18.2 Å². The van der Waals surface area contributed by atoms with Gasteiger partial charge in [-0.15, -0.1) is 0 Å². The summed E-state index contributed by atoms with van der Waals surface area (Å²) < 4.78 is 0. The molecule has 0 fully saturated rings. The first-order chi connectivity index (χ1) is 10.2. The van der Waals surface area contributed by atoms with Crippen LogP contribution in [0.2, 0.25) is 6.04 Å². The van der Waals surface area contributed by atoms with Crippen molar-refractivity contribution in [2.75, 3.05) is 0 Å². The number of aliphatic carboxylic acids is 3. The van der Waals surface area contributed by atoms with Crippen molar-refractivity contribution in [3.63, 3.8) is 0 Å². The molecular formula is C15H28O6Si. The highest BCUT2D eigenvalue weighted by molar-refractivity contribution is 6.08. The van der Waals surface area contributed by atoms with Crippen LogP contribution in [0.5, 0.6) is 0 Å². The first-order valence-corrected chi connectivity index (χ1v) is 8.20. The van der Waals surface area contributed by atoms with Crippen molar-refractivity contribution in [2.45, 2.75) is 38.7 Å². The molecule has 0 aliphatic heterocycles. The summed E-state index contributed by atoms with van der Waals surface area (Å²) in [6, 6.07) is 1.50. The van der Waals surface area contributed by atoms with Gasteiger partial charge in [-0.05, 0) is 0 Å².